The molecule has 0 fully saturated rings. The van der Waals surface area contributed by atoms with Gasteiger partial charge in [0.05, 0.1) is 18.8 Å². The molecule has 1 aliphatic rings. The summed E-state index contributed by atoms with van der Waals surface area (Å²) < 4.78 is 11.6. The van der Waals surface area contributed by atoms with E-state index >= 15 is 0 Å². The molecule has 2 heterocycles. The van der Waals surface area contributed by atoms with Crippen molar-refractivity contribution in [1.29, 1.82) is 5.26 Å². The van der Waals surface area contributed by atoms with Crippen molar-refractivity contribution in [3.63, 3.8) is 0 Å². The van der Waals surface area contributed by atoms with Crippen LogP contribution in [0.2, 0.25) is 0 Å². The van der Waals surface area contributed by atoms with Crippen LogP contribution in [0.1, 0.15) is 22.3 Å². The van der Waals surface area contributed by atoms with E-state index in [9.17, 15) is 5.26 Å². The Morgan fingerprint density at radius 1 is 1.14 bits per heavy atom. The molecule has 2 aromatic heterocycles. The van der Waals surface area contributed by atoms with Gasteiger partial charge in [-0.15, -0.1) is 0 Å². The number of aromatic nitrogens is 2. The lowest BCUT2D eigenvalue weighted by Gasteiger charge is -2.15. The largest absolute Gasteiger partial charge is 0.484 e. The van der Waals surface area contributed by atoms with Crippen LogP contribution in [0.15, 0.2) is 61.1 Å². The Bertz CT molecular complexity index is 1030. The average Bonchev–Trinajstić information content (AvgIpc) is 3.15. The minimum Gasteiger partial charge on any atom is -0.484 e. The quantitative estimate of drug-likeness (QED) is 0.634. The number of ether oxygens (including phenoxy) is 2. The van der Waals surface area contributed by atoms with Crippen LogP contribution in [-0.2, 0) is 12.8 Å². The number of allylic oxidation sites excluding steroid dienone is 1. The summed E-state index contributed by atoms with van der Waals surface area (Å²) in [5, 5.41) is 9.53. The van der Waals surface area contributed by atoms with Crippen LogP contribution < -0.4 is 9.47 Å². The van der Waals surface area contributed by atoms with E-state index in [1.807, 2.05) is 6.07 Å². The van der Waals surface area contributed by atoms with Crippen molar-refractivity contribution in [3.8, 4) is 17.7 Å². The van der Waals surface area contributed by atoms with Crippen molar-refractivity contribution < 1.29 is 9.47 Å². The highest BCUT2D eigenvalue weighted by Crippen LogP contribution is 2.31. The van der Waals surface area contributed by atoms with Gasteiger partial charge in [0.1, 0.15) is 6.10 Å². The third-order valence-electron chi connectivity index (χ3n) is 4.76. The molecule has 0 saturated heterocycles. The molecular formula is C23H19N3O2. The van der Waals surface area contributed by atoms with Gasteiger partial charge >= 0.3 is 0 Å². The molecule has 0 spiro atoms. The van der Waals surface area contributed by atoms with E-state index in [0.29, 0.717) is 17.2 Å². The van der Waals surface area contributed by atoms with Crippen LogP contribution in [-0.4, -0.2) is 23.2 Å². The maximum atomic E-state index is 9.53. The molecule has 0 amide bonds. The van der Waals surface area contributed by atoms with Gasteiger partial charge in [0.15, 0.2) is 5.75 Å². The fourth-order valence-electron chi connectivity index (χ4n) is 3.42. The molecule has 4 rings (SSSR count). The molecule has 0 radical (unpaired) electrons. The Labute approximate surface area is 163 Å². The lowest BCUT2D eigenvalue weighted by Crippen LogP contribution is -2.17. The van der Waals surface area contributed by atoms with E-state index in [1.54, 1.807) is 43.9 Å². The monoisotopic (exact) mass is 369 g/mol. The summed E-state index contributed by atoms with van der Waals surface area (Å²) >= 11 is 0. The summed E-state index contributed by atoms with van der Waals surface area (Å²) in [6.45, 7) is 0. The summed E-state index contributed by atoms with van der Waals surface area (Å²) in [4.78, 5) is 8.35. The number of fused-ring (bicyclic) bond motifs is 1. The highest BCUT2D eigenvalue weighted by Gasteiger charge is 2.24. The molecule has 3 aromatic rings. The first-order valence-corrected chi connectivity index (χ1v) is 9.06. The molecule has 0 atom stereocenters. The lowest BCUT2D eigenvalue weighted by atomic mass is 10.1. The summed E-state index contributed by atoms with van der Waals surface area (Å²) in [6, 6.07) is 16.1. The van der Waals surface area contributed by atoms with Crippen molar-refractivity contribution in [2.75, 3.05) is 7.11 Å². The molecule has 0 aliphatic heterocycles. The van der Waals surface area contributed by atoms with E-state index in [1.165, 1.54) is 11.1 Å². The Balaban J connectivity index is 1.60. The second-order valence-electron chi connectivity index (χ2n) is 6.60. The van der Waals surface area contributed by atoms with Gasteiger partial charge in [-0.2, -0.15) is 5.26 Å². The van der Waals surface area contributed by atoms with E-state index < -0.39 is 0 Å². The van der Waals surface area contributed by atoms with Gasteiger partial charge in [0.25, 0.3) is 5.88 Å². The molecule has 1 aromatic carbocycles. The van der Waals surface area contributed by atoms with Crippen molar-refractivity contribution in [1.82, 2.24) is 9.97 Å². The molecule has 28 heavy (non-hydrogen) atoms. The predicted octanol–water partition coefficient (Wildman–Crippen LogP) is 4.10. The second-order valence-corrected chi connectivity index (χ2v) is 6.60. The zero-order chi connectivity index (χ0) is 19.3. The maximum Gasteiger partial charge on any atom is 0.256 e. The Morgan fingerprint density at radius 3 is 2.50 bits per heavy atom. The minimum absolute atomic E-state index is 0.0444. The second kappa shape index (κ2) is 7.93. The third kappa shape index (κ3) is 3.72. The van der Waals surface area contributed by atoms with Crippen LogP contribution in [0.3, 0.4) is 0 Å². The van der Waals surface area contributed by atoms with Gasteiger partial charge < -0.3 is 9.47 Å². The normalized spacial score (nSPS) is 13.6. The van der Waals surface area contributed by atoms with Crippen molar-refractivity contribution in [2.24, 2.45) is 0 Å². The summed E-state index contributed by atoms with van der Waals surface area (Å²) in [7, 11) is 1.58. The summed E-state index contributed by atoms with van der Waals surface area (Å²) in [5.74, 6) is 1.02. The van der Waals surface area contributed by atoms with Gasteiger partial charge in [-0.25, -0.2) is 4.98 Å². The van der Waals surface area contributed by atoms with E-state index in [0.717, 1.165) is 24.0 Å². The Morgan fingerprint density at radius 2 is 1.86 bits per heavy atom. The lowest BCUT2D eigenvalue weighted by molar-refractivity contribution is 0.202. The Kier molecular flexibility index (Phi) is 5.03. The number of nitriles is 1. The highest BCUT2D eigenvalue weighted by atomic mass is 16.5. The van der Waals surface area contributed by atoms with Crippen LogP contribution in [0.25, 0.3) is 11.6 Å². The Hall–Kier alpha value is -3.65. The van der Waals surface area contributed by atoms with Crippen LogP contribution in [0.4, 0.5) is 0 Å². The number of hydrogen-bond donors (Lipinski definition) is 0. The first kappa shape index (κ1) is 17.7. The van der Waals surface area contributed by atoms with Gasteiger partial charge in [0, 0.05) is 31.4 Å². The fraction of sp³-hybridized carbons (Fsp3) is 0.174. The van der Waals surface area contributed by atoms with Gasteiger partial charge in [-0.3, -0.25) is 4.98 Å². The van der Waals surface area contributed by atoms with E-state index in [2.05, 4.69) is 40.3 Å². The van der Waals surface area contributed by atoms with E-state index in [4.69, 9.17) is 9.47 Å². The van der Waals surface area contributed by atoms with Crippen molar-refractivity contribution >= 4 is 11.6 Å². The number of methoxy groups -OCH3 is 1. The smallest absolute Gasteiger partial charge is 0.256 e. The predicted molar refractivity (Wildman–Crippen MR) is 107 cm³/mol. The van der Waals surface area contributed by atoms with Gasteiger partial charge in [0.2, 0.25) is 0 Å². The number of nitrogens with zero attached hydrogens (tertiary/aromatic N) is 3. The van der Waals surface area contributed by atoms with Crippen molar-refractivity contribution in [3.05, 3.63) is 83.3 Å². The molecule has 0 saturated carbocycles. The molecule has 0 unspecified atom stereocenters. The molecule has 138 valence electrons. The molecular weight excluding hydrogens is 350 g/mol. The SMILES string of the molecule is COc1ncc(C=C(C#N)c2ccncc2)cc1OC1Cc2ccccc2C1. The van der Waals surface area contributed by atoms with Crippen LogP contribution >= 0.6 is 0 Å². The van der Waals surface area contributed by atoms with Crippen molar-refractivity contribution in [2.45, 2.75) is 18.9 Å². The topological polar surface area (TPSA) is 68.0 Å². The summed E-state index contributed by atoms with van der Waals surface area (Å²) in [5.41, 5.74) is 4.76. The number of benzene rings is 1. The first-order valence-electron chi connectivity index (χ1n) is 9.06. The highest BCUT2D eigenvalue weighted by molar-refractivity contribution is 5.89. The van der Waals surface area contributed by atoms with Crippen LogP contribution in [0.5, 0.6) is 11.6 Å². The zero-order valence-corrected chi connectivity index (χ0v) is 15.5. The molecule has 5 heteroatoms. The third-order valence-corrected chi connectivity index (χ3v) is 4.76. The molecule has 1 aliphatic carbocycles. The standard InChI is InChI=1S/C23H19N3O2/c1-27-23-22(28-21-12-18-4-2-3-5-19(18)13-21)11-16(15-26-23)10-20(14-24)17-6-8-25-9-7-17/h2-11,15,21H,12-13H2,1H3. The van der Waals surface area contributed by atoms with E-state index in [-0.39, 0.29) is 6.10 Å². The number of hydrogen-bond acceptors (Lipinski definition) is 5. The molecule has 0 N–H and O–H groups in total. The zero-order valence-electron chi connectivity index (χ0n) is 15.5. The summed E-state index contributed by atoms with van der Waals surface area (Å²) in [6.07, 6.45) is 8.56. The number of pyridine rings is 2. The fourth-order valence-corrected chi connectivity index (χ4v) is 3.42. The van der Waals surface area contributed by atoms with Gasteiger partial charge in [-0.1, -0.05) is 24.3 Å². The maximum absolute atomic E-state index is 9.53. The number of rotatable bonds is 5. The first-order chi connectivity index (χ1) is 13.8. The van der Waals surface area contributed by atoms with Gasteiger partial charge in [-0.05, 0) is 46.5 Å². The average molecular weight is 369 g/mol. The minimum atomic E-state index is 0.0444. The molecule has 5 nitrogen and oxygen atoms in total. The molecule has 0 bridgehead atoms. The van der Waals surface area contributed by atoms with Crippen LogP contribution in [0, 0.1) is 11.3 Å².